The molecule has 1 saturated carbocycles. The van der Waals surface area contributed by atoms with Crippen molar-refractivity contribution in [3.05, 3.63) is 16.0 Å². The SMILES string of the molecule is COC(=O)c1c(NC(=O)CN2CCC(C(=O)NC3CC3)CC2)sc2c1CCC(C)C2. The lowest BCUT2D eigenvalue weighted by atomic mass is 9.88. The third-order valence-electron chi connectivity index (χ3n) is 6.40. The molecule has 3 aliphatic rings. The minimum Gasteiger partial charge on any atom is -0.465 e. The zero-order valence-electron chi connectivity index (χ0n) is 17.8. The van der Waals surface area contributed by atoms with Gasteiger partial charge in [0.1, 0.15) is 5.00 Å². The number of piperidine rings is 1. The summed E-state index contributed by atoms with van der Waals surface area (Å²) in [6.07, 6.45) is 6.60. The fourth-order valence-electron chi connectivity index (χ4n) is 4.43. The van der Waals surface area contributed by atoms with Gasteiger partial charge in [-0.15, -0.1) is 11.3 Å². The highest BCUT2D eigenvalue weighted by molar-refractivity contribution is 7.17. The number of carbonyl (C=O) groups is 3. The van der Waals surface area contributed by atoms with E-state index in [4.69, 9.17) is 4.74 Å². The summed E-state index contributed by atoms with van der Waals surface area (Å²) in [5, 5.41) is 6.67. The molecule has 0 aromatic carbocycles. The predicted octanol–water partition coefficient (Wildman–Crippen LogP) is 2.59. The second kappa shape index (κ2) is 9.06. The molecule has 2 fully saturated rings. The van der Waals surface area contributed by atoms with Crippen LogP contribution in [0.5, 0.6) is 0 Å². The quantitative estimate of drug-likeness (QED) is 0.674. The molecule has 8 heteroatoms. The number of hydrogen-bond acceptors (Lipinski definition) is 6. The lowest BCUT2D eigenvalue weighted by Gasteiger charge is -2.30. The number of fused-ring (bicyclic) bond motifs is 1. The molecular formula is C22H31N3O4S. The van der Waals surface area contributed by atoms with E-state index in [9.17, 15) is 14.4 Å². The number of anilines is 1. The topological polar surface area (TPSA) is 87.7 Å². The van der Waals surface area contributed by atoms with E-state index in [1.165, 1.54) is 23.3 Å². The maximum atomic E-state index is 12.7. The summed E-state index contributed by atoms with van der Waals surface area (Å²) >= 11 is 1.51. The molecule has 7 nitrogen and oxygen atoms in total. The number of nitrogens with zero attached hydrogens (tertiary/aromatic N) is 1. The number of nitrogens with one attached hydrogen (secondary N) is 2. The summed E-state index contributed by atoms with van der Waals surface area (Å²) in [7, 11) is 1.38. The van der Waals surface area contributed by atoms with E-state index >= 15 is 0 Å². The van der Waals surface area contributed by atoms with Crippen molar-refractivity contribution in [1.82, 2.24) is 10.2 Å². The molecule has 2 amide bonds. The van der Waals surface area contributed by atoms with Gasteiger partial charge in [0.25, 0.3) is 0 Å². The molecule has 1 aromatic rings. The number of amides is 2. The summed E-state index contributed by atoms with van der Waals surface area (Å²) in [6, 6.07) is 0.393. The van der Waals surface area contributed by atoms with Crippen molar-refractivity contribution in [2.24, 2.45) is 11.8 Å². The summed E-state index contributed by atoms with van der Waals surface area (Å²) in [5.74, 6) is 0.320. The van der Waals surface area contributed by atoms with Crippen LogP contribution in [0.1, 0.15) is 59.8 Å². The smallest absolute Gasteiger partial charge is 0.341 e. The number of rotatable bonds is 6. The van der Waals surface area contributed by atoms with Crippen LogP contribution in [0.25, 0.3) is 0 Å². The first-order valence-corrected chi connectivity index (χ1v) is 11.8. The van der Waals surface area contributed by atoms with Crippen molar-refractivity contribution in [3.63, 3.8) is 0 Å². The summed E-state index contributed by atoms with van der Waals surface area (Å²) < 4.78 is 4.99. The highest BCUT2D eigenvalue weighted by Gasteiger charge is 2.31. The van der Waals surface area contributed by atoms with Crippen LogP contribution in [-0.2, 0) is 27.2 Å². The van der Waals surface area contributed by atoms with Gasteiger partial charge in [0.2, 0.25) is 11.8 Å². The maximum Gasteiger partial charge on any atom is 0.341 e. The van der Waals surface area contributed by atoms with Crippen molar-refractivity contribution >= 4 is 34.1 Å². The summed E-state index contributed by atoms with van der Waals surface area (Å²) in [4.78, 5) is 40.6. The monoisotopic (exact) mass is 433 g/mol. The van der Waals surface area contributed by atoms with Crippen LogP contribution < -0.4 is 10.6 Å². The van der Waals surface area contributed by atoms with Crippen molar-refractivity contribution in [3.8, 4) is 0 Å². The van der Waals surface area contributed by atoms with Gasteiger partial charge in [-0.1, -0.05) is 6.92 Å². The Labute approximate surface area is 181 Å². The van der Waals surface area contributed by atoms with E-state index in [0.717, 1.165) is 63.6 Å². The molecule has 1 aromatic heterocycles. The Morgan fingerprint density at radius 2 is 1.87 bits per heavy atom. The van der Waals surface area contributed by atoms with Crippen LogP contribution in [0.2, 0.25) is 0 Å². The average Bonchev–Trinajstić information content (AvgIpc) is 3.47. The van der Waals surface area contributed by atoms with Gasteiger partial charge in [0, 0.05) is 16.8 Å². The first kappa shape index (κ1) is 21.3. The van der Waals surface area contributed by atoms with E-state index in [0.29, 0.717) is 22.5 Å². The molecule has 1 unspecified atom stereocenters. The molecule has 0 radical (unpaired) electrons. The Kier molecular flexibility index (Phi) is 6.43. The Hall–Kier alpha value is -1.93. The van der Waals surface area contributed by atoms with E-state index in [1.807, 2.05) is 0 Å². The number of ether oxygens (including phenoxy) is 1. The number of carbonyl (C=O) groups excluding carboxylic acids is 3. The van der Waals surface area contributed by atoms with Gasteiger partial charge in [-0.25, -0.2) is 4.79 Å². The third kappa shape index (κ3) is 4.86. The van der Waals surface area contributed by atoms with Gasteiger partial charge in [-0.05, 0) is 69.5 Å². The van der Waals surface area contributed by atoms with Gasteiger partial charge >= 0.3 is 5.97 Å². The van der Waals surface area contributed by atoms with Gasteiger partial charge in [0.15, 0.2) is 0 Å². The molecule has 0 bridgehead atoms. The molecular weight excluding hydrogens is 402 g/mol. The standard InChI is InChI=1S/C22H31N3O4S/c1-13-3-6-16-17(11-13)30-21(19(16)22(28)29-2)24-18(26)12-25-9-7-14(8-10-25)20(27)23-15-4-5-15/h13-15H,3-12H2,1-2H3,(H,23,27)(H,24,26). The number of methoxy groups -OCH3 is 1. The van der Waals surface area contributed by atoms with Gasteiger partial charge in [-0.3, -0.25) is 14.5 Å². The molecule has 30 heavy (non-hydrogen) atoms. The van der Waals surface area contributed by atoms with E-state index in [-0.39, 0.29) is 30.2 Å². The first-order valence-electron chi connectivity index (χ1n) is 11.0. The molecule has 2 aliphatic carbocycles. The van der Waals surface area contributed by atoms with Crippen LogP contribution in [0, 0.1) is 11.8 Å². The second-order valence-electron chi connectivity index (χ2n) is 8.93. The Morgan fingerprint density at radius 1 is 1.13 bits per heavy atom. The highest BCUT2D eigenvalue weighted by Crippen LogP contribution is 2.40. The van der Waals surface area contributed by atoms with Gasteiger partial charge < -0.3 is 15.4 Å². The fourth-order valence-corrected chi connectivity index (χ4v) is 5.84. The Bertz CT molecular complexity index is 825. The van der Waals surface area contributed by atoms with Crippen LogP contribution >= 0.6 is 11.3 Å². The van der Waals surface area contributed by atoms with Crippen molar-refractivity contribution in [1.29, 1.82) is 0 Å². The summed E-state index contributed by atoms with van der Waals surface area (Å²) in [6.45, 7) is 3.96. The van der Waals surface area contributed by atoms with Gasteiger partial charge in [-0.2, -0.15) is 0 Å². The maximum absolute atomic E-state index is 12.7. The van der Waals surface area contributed by atoms with Crippen molar-refractivity contribution < 1.29 is 19.1 Å². The fraction of sp³-hybridized carbons (Fsp3) is 0.682. The third-order valence-corrected chi connectivity index (χ3v) is 7.57. The second-order valence-corrected chi connectivity index (χ2v) is 10.0. The largest absolute Gasteiger partial charge is 0.465 e. The zero-order chi connectivity index (χ0) is 21.3. The molecule has 1 aliphatic heterocycles. The predicted molar refractivity (Wildman–Crippen MR) is 116 cm³/mol. The first-order chi connectivity index (χ1) is 14.4. The number of likely N-dealkylation sites (tertiary alicyclic amines) is 1. The van der Waals surface area contributed by atoms with E-state index < -0.39 is 0 Å². The minimum atomic E-state index is -0.375. The van der Waals surface area contributed by atoms with Crippen LogP contribution in [0.15, 0.2) is 0 Å². The number of thiophene rings is 1. The van der Waals surface area contributed by atoms with Gasteiger partial charge in [0.05, 0.1) is 19.2 Å². The average molecular weight is 434 g/mol. The molecule has 1 atom stereocenters. The molecule has 0 spiro atoms. The minimum absolute atomic E-state index is 0.0573. The molecule has 164 valence electrons. The van der Waals surface area contributed by atoms with Crippen LogP contribution in [-0.4, -0.2) is 55.5 Å². The molecule has 2 heterocycles. The van der Waals surface area contributed by atoms with E-state index in [1.54, 1.807) is 0 Å². The lowest BCUT2D eigenvalue weighted by molar-refractivity contribution is -0.126. The van der Waals surface area contributed by atoms with Crippen LogP contribution in [0.4, 0.5) is 5.00 Å². The number of hydrogen-bond donors (Lipinski definition) is 2. The van der Waals surface area contributed by atoms with Crippen molar-refractivity contribution in [2.75, 3.05) is 32.1 Å². The lowest BCUT2D eigenvalue weighted by Crippen LogP contribution is -2.43. The van der Waals surface area contributed by atoms with Crippen molar-refractivity contribution in [2.45, 2.75) is 57.9 Å². The number of esters is 1. The molecule has 1 saturated heterocycles. The molecule has 4 rings (SSSR count). The van der Waals surface area contributed by atoms with Crippen LogP contribution in [0.3, 0.4) is 0 Å². The van der Waals surface area contributed by atoms with E-state index in [2.05, 4.69) is 22.5 Å². The normalized spacial score (nSPS) is 22.3. The Morgan fingerprint density at radius 3 is 2.53 bits per heavy atom. The highest BCUT2D eigenvalue weighted by atomic mass is 32.1. The molecule has 2 N–H and O–H groups in total. The summed E-state index contributed by atoms with van der Waals surface area (Å²) in [5.41, 5.74) is 1.58. The zero-order valence-corrected chi connectivity index (χ0v) is 18.6. The Balaban J connectivity index is 1.34.